The van der Waals surface area contributed by atoms with Crippen LogP contribution in [0.1, 0.15) is 35.5 Å². The number of hydrogen-bond donors (Lipinski definition) is 2. The van der Waals surface area contributed by atoms with E-state index in [1.807, 2.05) is 6.07 Å². The molecule has 0 saturated carbocycles. The summed E-state index contributed by atoms with van der Waals surface area (Å²) in [7, 11) is 0. The Morgan fingerprint density at radius 3 is 2.94 bits per heavy atom. The third-order valence-electron chi connectivity index (χ3n) is 3.41. The summed E-state index contributed by atoms with van der Waals surface area (Å²) in [6.45, 7) is 0.825. The second-order valence-corrected chi connectivity index (χ2v) is 4.58. The lowest BCUT2D eigenvalue weighted by Crippen LogP contribution is -2.22. The molecule has 0 bridgehead atoms. The Morgan fingerprint density at radius 1 is 1.33 bits per heavy atom. The number of nitrogens with one attached hydrogen (secondary N) is 1. The van der Waals surface area contributed by atoms with Gasteiger partial charge < -0.3 is 15.6 Å². The van der Waals surface area contributed by atoms with Crippen molar-refractivity contribution in [2.75, 3.05) is 6.54 Å². The number of hydrogen-bond acceptors (Lipinski definition) is 5. The van der Waals surface area contributed by atoms with Crippen LogP contribution in [0.15, 0.2) is 35.2 Å². The van der Waals surface area contributed by atoms with Crippen LogP contribution in [0.4, 0.5) is 0 Å². The Balaban J connectivity index is 1.61. The number of rotatable bonds is 4. The summed E-state index contributed by atoms with van der Waals surface area (Å²) in [6, 6.07) is 8.84. The fourth-order valence-electron chi connectivity index (χ4n) is 2.53. The van der Waals surface area contributed by atoms with Crippen LogP contribution >= 0.6 is 0 Å². The first-order valence-corrected chi connectivity index (χ1v) is 6.17. The molecule has 0 saturated heterocycles. The van der Waals surface area contributed by atoms with E-state index in [4.69, 9.17) is 10.3 Å². The van der Waals surface area contributed by atoms with Gasteiger partial charge in [-0.25, -0.2) is 0 Å². The maximum absolute atomic E-state index is 6.12. The molecule has 3 N–H and O–H groups in total. The van der Waals surface area contributed by atoms with Crippen LogP contribution in [0.2, 0.25) is 0 Å². The van der Waals surface area contributed by atoms with Gasteiger partial charge in [0.25, 0.3) is 0 Å². The molecule has 0 fully saturated rings. The molecule has 2 aromatic rings. The Morgan fingerprint density at radius 2 is 2.17 bits per heavy atom. The van der Waals surface area contributed by atoms with Gasteiger partial charge in [0.15, 0.2) is 5.82 Å². The van der Waals surface area contributed by atoms with Crippen molar-refractivity contribution in [3.05, 3.63) is 47.6 Å². The molecule has 18 heavy (non-hydrogen) atoms. The zero-order valence-corrected chi connectivity index (χ0v) is 10.0. The molecule has 1 aromatic heterocycles. The van der Waals surface area contributed by atoms with Crippen molar-refractivity contribution in [3.8, 4) is 0 Å². The van der Waals surface area contributed by atoms with E-state index in [1.165, 1.54) is 17.5 Å². The highest BCUT2D eigenvalue weighted by Gasteiger charge is 2.27. The van der Waals surface area contributed by atoms with Gasteiger partial charge in [-0.2, -0.15) is 4.98 Å². The number of nitrogens with two attached hydrogens (primary N) is 1. The zero-order valence-electron chi connectivity index (χ0n) is 10.0. The van der Waals surface area contributed by atoms with Gasteiger partial charge in [0, 0.05) is 25.0 Å². The molecule has 0 radical (unpaired) electrons. The van der Waals surface area contributed by atoms with Crippen molar-refractivity contribution >= 4 is 0 Å². The lowest BCUT2D eigenvalue weighted by molar-refractivity contribution is 0.407. The fourth-order valence-corrected chi connectivity index (χ4v) is 2.53. The average Bonchev–Trinajstić information content (AvgIpc) is 3.00. The predicted octanol–water partition coefficient (Wildman–Crippen LogP) is 1.35. The highest BCUT2D eigenvalue weighted by atomic mass is 16.5. The maximum atomic E-state index is 6.12. The van der Waals surface area contributed by atoms with E-state index in [0.29, 0.717) is 6.04 Å². The first-order valence-electron chi connectivity index (χ1n) is 6.17. The van der Waals surface area contributed by atoms with Gasteiger partial charge in [0.05, 0.1) is 0 Å². The lowest BCUT2D eigenvalue weighted by atomic mass is 10.1. The number of nitrogens with zero attached hydrogens (tertiary/aromatic N) is 2. The van der Waals surface area contributed by atoms with Crippen LogP contribution in [-0.4, -0.2) is 16.7 Å². The van der Waals surface area contributed by atoms with Crippen LogP contribution in [0, 0.1) is 0 Å². The molecular weight excluding hydrogens is 228 g/mol. The largest absolute Gasteiger partial charge is 0.343 e. The van der Waals surface area contributed by atoms with Crippen LogP contribution in [0.3, 0.4) is 0 Å². The molecule has 5 nitrogen and oxygen atoms in total. The van der Waals surface area contributed by atoms with Crippen LogP contribution in [0.5, 0.6) is 0 Å². The Kier molecular flexibility index (Phi) is 3.08. The molecule has 3 rings (SSSR count). The number of benzene rings is 1. The summed E-state index contributed by atoms with van der Waals surface area (Å²) < 4.78 is 4.70. The standard InChI is InChI=1S/C13H16N4O/c14-11-7-12(10-4-2-1-3-9(10)11)15-6-5-13-16-8-18-17-13/h1-4,8,11-12,15H,5-7,14H2. The van der Waals surface area contributed by atoms with Crippen LogP contribution < -0.4 is 11.1 Å². The van der Waals surface area contributed by atoms with Crippen molar-refractivity contribution < 1.29 is 4.52 Å². The van der Waals surface area contributed by atoms with Crippen molar-refractivity contribution in [2.24, 2.45) is 5.73 Å². The molecule has 2 unspecified atom stereocenters. The molecule has 2 atom stereocenters. The van der Waals surface area contributed by atoms with Gasteiger partial charge in [-0.1, -0.05) is 29.4 Å². The van der Waals surface area contributed by atoms with Crippen molar-refractivity contribution in [1.29, 1.82) is 0 Å². The van der Waals surface area contributed by atoms with E-state index in [0.717, 1.165) is 25.2 Å². The molecule has 1 aliphatic rings. The van der Waals surface area contributed by atoms with Gasteiger partial charge in [-0.3, -0.25) is 0 Å². The second-order valence-electron chi connectivity index (χ2n) is 4.58. The second kappa shape index (κ2) is 4.88. The van der Waals surface area contributed by atoms with E-state index in [9.17, 15) is 0 Å². The van der Waals surface area contributed by atoms with E-state index < -0.39 is 0 Å². The molecule has 0 amide bonds. The Labute approximate surface area is 105 Å². The topological polar surface area (TPSA) is 77.0 Å². The fraction of sp³-hybridized carbons (Fsp3) is 0.385. The molecule has 0 aliphatic heterocycles. The molecular formula is C13H16N4O. The third-order valence-corrected chi connectivity index (χ3v) is 3.41. The van der Waals surface area contributed by atoms with Crippen molar-refractivity contribution in [3.63, 3.8) is 0 Å². The molecule has 0 spiro atoms. The summed E-state index contributed by atoms with van der Waals surface area (Å²) in [5, 5.41) is 7.29. The highest BCUT2D eigenvalue weighted by Crippen LogP contribution is 2.36. The van der Waals surface area contributed by atoms with Gasteiger partial charge in [0.2, 0.25) is 6.39 Å². The van der Waals surface area contributed by atoms with Crippen LogP contribution in [-0.2, 0) is 6.42 Å². The summed E-state index contributed by atoms with van der Waals surface area (Å²) >= 11 is 0. The van der Waals surface area contributed by atoms with E-state index in [-0.39, 0.29) is 6.04 Å². The highest BCUT2D eigenvalue weighted by molar-refractivity contribution is 5.37. The summed E-state index contributed by atoms with van der Waals surface area (Å²) in [4.78, 5) is 4.00. The summed E-state index contributed by atoms with van der Waals surface area (Å²) in [5.41, 5.74) is 8.70. The minimum Gasteiger partial charge on any atom is -0.343 e. The maximum Gasteiger partial charge on any atom is 0.213 e. The monoisotopic (exact) mass is 244 g/mol. The van der Waals surface area contributed by atoms with Crippen molar-refractivity contribution in [2.45, 2.75) is 24.9 Å². The molecule has 1 aromatic carbocycles. The van der Waals surface area contributed by atoms with Gasteiger partial charge in [-0.05, 0) is 17.5 Å². The van der Waals surface area contributed by atoms with Gasteiger partial charge in [-0.15, -0.1) is 0 Å². The SMILES string of the molecule is NC1CC(NCCc2ncon2)c2ccccc21. The average molecular weight is 244 g/mol. The summed E-state index contributed by atoms with van der Waals surface area (Å²) in [5.74, 6) is 0.734. The number of aromatic nitrogens is 2. The third kappa shape index (κ3) is 2.14. The first-order chi connectivity index (χ1) is 8.84. The number of fused-ring (bicyclic) bond motifs is 1. The van der Waals surface area contributed by atoms with E-state index in [1.54, 1.807) is 0 Å². The van der Waals surface area contributed by atoms with Gasteiger partial charge in [0.1, 0.15) is 0 Å². The minimum atomic E-state index is 0.142. The molecule has 1 heterocycles. The predicted molar refractivity (Wildman–Crippen MR) is 66.7 cm³/mol. The summed E-state index contributed by atoms with van der Waals surface area (Å²) in [6.07, 6.45) is 3.08. The molecule has 5 heteroatoms. The van der Waals surface area contributed by atoms with E-state index >= 15 is 0 Å². The van der Waals surface area contributed by atoms with Crippen LogP contribution in [0.25, 0.3) is 0 Å². The lowest BCUT2D eigenvalue weighted by Gasteiger charge is -2.12. The smallest absolute Gasteiger partial charge is 0.213 e. The Hall–Kier alpha value is -1.72. The molecule has 1 aliphatic carbocycles. The zero-order chi connectivity index (χ0) is 12.4. The molecule has 94 valence electrons. The Bertz CT molecular complexity index is 511. The normalized spacial score (nSPS) is 22.1. The minimum absolute atomic E-state index is 0.142. The van der Waals surface area contributed by atoms with Crippen molar-refractivity contribution in [1.82, 2.24) is 15.5 Å². The van der Waals surface area contributed by atoms with E-state index in [2.05, 4.69) is 33.7 Å². The quantitative estimate of drug-likeness (QED) is 0.848. The first kappa shape index (κ1) is 11.4. The van der Waals surface area contributed by atoms with Gasteiger partial charge >= 0.3 is 0 Å².